The zero-order valence-electron chi connectivity index (χ0n) is 14.7. The number of aromatic nitrogens is 1. The maximum absolute atomic E-state index is 13.3. The molecular formula is C21H20FN5. The van der Waals surface area contributed by atoms with Crippen LogP contribution in [0, 0.1) is 5.82 Å². The molecule has 0 spiro atoms. The Bertz CT molecular complexity index is 1060. The van der Waals surface area contributed by atoms with Crippen molar-refractivity contribution in [2.75, 3.05) is 0 Å². The van der Waals surface area contributed by atoms with Crippen molar-refractivity contribution >= 4 is 28.3 Å². The predicted octanol–water partition coefficient (Wildman–Crippen LogP) is 3.31. The van der Waals surface area contributed by atoms with Gasteiger partial charge in [0.2, 0.25) is 0 Å². The lowest BCUT2D eigenvalue weighted by atomic mass is 10.00. The second-order valence-corrected chi connectivity index (χ2v) is 6.71. The molecule has 1 aliphatic carbocycles. The van der Waals surface area contributed by atoms with Gasteiger partial charge in [-0.15, -0.1) is 0 Å². The van der Waals surface area contributed by atoms with Gasteiger partial charge >= 0.3 is 0 Å². The maximum atomic E-state index is 13.3. The van der Waals surface area contributed by atoms with Gasteiger partial charge in [-0.25, -0.2) is 9.38 Å². The highest BCUT2D eigenvalue weighted by molar-refractivity contribution is 5.96. The minimum Gasteiger partial charge on any atom is -0.396 e. The fourth-order valence-electron chi connectivity index (χ4n) is 3.24. The van der Waals surface area contributed by atoms with Gasteiger partial charge in [-0.2, -0.15) is 0 Å². The molecule has 1 aliphatic rings. The highest BCUT2D eigenvalue weighted by Gasteiger charge is 2.25. The molecule has 2 aromatic carbocycles. The van der Waals surface area contributed by atoms with E-state index in [0.717, 1.165) is 16.5 Å². The van der Waals surface area contributed by atoms with E-state index in [9.17, 15) is 4.39 Å². The zero-order valence-corrected chi connectivity index (χ0v) is 14.7. The number of fused-ring (bicyclic) bond motifs is 1. The molecule has 0 saturated heterocycles. The molecule has 0 radical (unpaired) electrons. The highest BCUT2D eigenvalue weighted by Crippen LogP contribution is 2.43. The first-order valence-electron chi connectivity index (χ1n) is 8.77. The lowest BCUT2D eigenvalue weighted by Crippen LogP contribution is -2.23. The minimum atomic E-state index is -0.341. The van der Waals surface area contributed by atoms with E-state index < -0.39 is 0 Å². The van der Waals surface area contributed by atoms with Crippen LogP contribution in [0.2, 0.25) is 0 Å². The monoisotopic (exact) mass is 361 g/mol. The first kappa shape index (κ1) is 17.0. The number of pyridine rings is 1. The standard InChI is InChI=1S/C21H20FN5/c22-15-6-3-13(4-7-15)20(27-21(24)25)19(23)14-5-8-18-17(11-14)16(9-10-26-18)12-1-2-12/h3-12H,1-2,23H2,(H4,24,25,27)/b20-19-. The van der Waals surface area contributed by atoms with E-state index in [1.807, 2.05) is 24.4 Å². The lowest BCUT2D eigenvalue weighted by molar-refractivity contribution is 0.627. The van der Waals surface area contributed by atoms with Gasteiger partial charge in [0.05, 0.1) is 16.9 Å². The Balaban J connectivity index is 1.89. The lowest BCUT2D eigenvalue weighted by Gasteiger charge is -2.11. The summed E-state index contributed by atoms with van der Waals surface area (Å²) in [6.07, 6.45) is 4.24. The quantitative estimate of drug-likeness (QED) is 0.377. The van der Waals surface area contributed by atoms with Crippen molar-refractivity contribution in [1.82, 2.24) is 4.98 Å². The minimum absolute atomic E-state index is 0.113. The Hall–Kier alpha value is -3.41. The average Bonchev–Trinajstić information content (AvgIpc) is 3.50. The molecule has 27 heavy (non-hydrogen) atoms. The van der Waals surface area contributed by atoms with E-state index in [-0.39, 0.29) is 11.8 Å². The summed E-state index contributed by atoms with van der Waals surface area (Å²) < 4.78 is 13.3. The summed E-state index contributed by atoms with van der Waals surface area (Å²) >= 11 is 0. The van der Waals surface area contributed by atoms with Crippen LogP contribution in [0.3, 0.4) is 0 Å². The van der Waals surface area contributed by atoms with Crippen molar-refractivity contribution < 1.29 is 4.39 Å². The van der Waals surface area contributed by atoms with Crippen molar-refractivity contribution in [3.05, 3.63) is 77.2 Å². The number of rotatable bonds is 4. The van der Waals surface area contributed by atoms with E-state index in [1.165, 1.54) is 30.5 Å². The summed E-state index contributed by atoms with van der Waals surface area (Å²) in [6.45, 7) is 0. The van der Waals surface area contributed by atoms with E-state index in [4.69, 9.17) is 17.2 Å². The summed E-state index contributed by atoms with van der Waals surface area (Å²) in [5.41, 5.74) is 22.1. The van der Waals surface area contributed by atoms with Crippen molar-refractivity contribution in [3.63, 3.8) is 0 Å². The fraction of sp³-hybridized carbons (Fsp3) is 0.143. The largest absolute Gasteiger partial charge is 0.396 e. The number of guanidine groups is 1. The molecule has 1 heterocycles. The second-order valence-electron chi connectivity index (χ2n) is 6.71. The fourth-order valence-corrected chi connectivity index (χ4v) is 3.24. The maximum Gasteiger partial charge on any atom is 0.191 e. The molecule has 3 aromatic rings. The number of nitrogens with zero attached hydrogens (tertiary/aromatic N) is 2. The third kappa shape index (κ3) is 3.46. The summed E-state index contributed by atoms with van der Waals surface area (Å²) in [5, 5.41) is 1.09. The second kappa shape index (κ2) is 6.72. The van der Waals surface area contributed by atoms with Crippen LogP contribution in [0.25, 0.3) is 22.3 Å². The van der Waals surface area contributed by atoms with E-state index in [0.29, 0.717) is 22.9 Å². The molecule has 1 aromatic heterocycles. The van der Waals surface area contributed by atoms with Crippen LogP contribution in [-0.2, 0) is 0 Å². The summed E-state index contributed by atoms with van der Waals surface area (Å²) in [6, 6.07) is 13.8. The number of hydrogen-bond acceptors (Lipinski definition) is 3. The van der Waals surface area contributed by atoms with Crippen molar-refractivity contribution in [2.45, 2.75) is 18.8 Å². The van der Waals surface area contributed by atoms with Gasteiger partial charge in [-0.1, -0.05) is 6.07 Å². The first-order chi connectivity index (χ1) is 13.0. The Kier molecular flexibility index (Phi) is 4.24. The number of benzene rings is 2. The molecule has 1 fully saturated rings. The molecule has 136 valence electrons. The van der Waals surface area contributed by atoms with Gasteiger partial charge in [-0.3, -0.25) is 4.98 Å². The van der Waals surface area contributed by atoms with Crippen LogP contribution in [0.15, 0.2) is 59.7 Å². The van der Waals surface area contributed by atoms with Gasteiger partial charge in [0, 0.05) is 22.7 Å². The molecule has 1 saturated carbocycles. The van der Waals surface area contributed by atoms with E-state index >= 15 is 0 Å². The zero-order chi connectivity index (χ0) is 19.0. The smallest absolute Gasteiger partial charge is 0.191 e. The highest BCUT2D eigenvalue weighted by atomic mass is 19.1. The number of nitrogens with two attached hydrogens (primary N) is 3. The number of hydrogen-bond donors (Lipinski definition) is 3. The normalized spacial score (nSPS) is 14.7. The van der Waals surface area contributed by atoms with E-state index in [2.05, 4.69) is 16.0 Å². The number of halogens is 1. The van der Waals surface area contributed by atoms with Crippen LogP contribution < -0.4 is 17.2 Å². The molecule has 5 nitrogen and oxygen atoms in total. The molecule has 4 rings (SSSR count). The SMILES string of the molecule is NC(N)=N/C(=C(\N)c1ccc2nccc(C3CC3)c2c1)c1ccc(F)cc1. The van der Waals surface area contributed by atoms with Crippen LogP contribution in [0.1, 0.15) is 35.4 Å². The summed E-state index contributed by atoms with van der Waals surface area (Å²) in [4.78, 5) is 8.64. The van der Waals surface area contributed by atoms with Crippen LogP contribution in [0.4, 0.5) is 4.39 Å². The van der Waals surface area contributed by atoms with Gasteiger partial charge in [0.25, 0.3) is 0 Å². The third-order valence-corrected chi connectivity index (χ3v) is 4.72. The van der Waals surface area contributed by atoms with Crippen molar-refractivity contribution in [2.24, 2.45) is 22.2 Å². The molecule has 0 atom stereocenters. The van der Waals surface area contributed by atoms with Gasteiger partial charge in [0.15, 0.2) is 5.96 Å². The first-order valence-corrected chi connectivity index (χ1v) is 8.77. The Labute approximate surface area is 156 Å². The Morgan fingerprint density at radius 1 is 0.963 bits per heavy atom. The molecule has 6 N–H and O–H groups in total. The van der Waals surface area contributed by atoms with Crippen LogP contribution >= 0.6 is 0 Å². The topological polar surface area (TPSA) is 103 Å². The van der Waals surface area contributed by atoms with Crippen molar-refractivity contribution in [1.29, 1.82) is 0 Å². The van der Waals surface area contributed by atoms with Gasteiger partial charge < -0.3 is 17.2 Å². The molecular weight excluding hydrogens is 341 g/mol. The Morgan fingerprint density at radius 3 is 2.33 bits per heavy atom. The van der Waals surface area contributed by atoms with Crippen molar-refractivity contribution in [3.8, 4) is 0 Å². The third-order valence-electron chi connectivity index (χ3n) is 4.72. The van der Waals surface area contributed by atoms with E-state index in [1.54, 1.807) is 12.1 Å². The van der Waals surface area contributed by atoms with Crippen LogP contribution in [0.5, 0.6) is 0 Å². The molecule has 0 aliphatic heterocycles. The predicted molar refractivity (Wildman–Crippen MR) is 107 cm³/mol. The molecule has 0 unspecified atom stereocenters. The van der Waals surface area contributed by atoms with Gasteiger partial charge in [0.1, 0.15) is 5.82 Å². The molecule has 0 bridgehead atoms. The Morgan fingerprint density at radius 2 is 1.67 bits per heavy atom. The summed E-state index contributed by atoms with van der Waals surface area (Å²) in [7, 11) is 0. The number of aliphatic imine (C=N–C) groups is 1. The summed E-state index contributed by atoms with van der Waals surface area (Å²) in [5.74, 6) is 0.135. The average molecular weight is 361 g/mol. The van der Waals surface area contributed by atoms with Gasteiger partial charge in [-0.05, 0) is 66.8 Å². The van der Waals surface area contributed by atoms with Crippen LogP contribution in [-0.4, -0.2) is 10.9 Å². The molecule has 6 heteroatoms. The molecule has 0 amide bonds.